The molecule has 0 bridgehead atoms. The number of alkyl halides is 6. The van der Waals surface area contributed by atoms with Crippen molar-refractivity contribution in [2.24, 2.45) is 0 Å². The van der Waals surface area contributed by atoms with Crippen LogP contribution in [0, 0.1) is 0 Å². The number of aromatic nitrogens is 2. The van der Waals surface area contributed by atoms with Crippen LogP contribution in [0.25, 0.3) is 0 Å². The van der Waals surface area contributed by atoms with Gasteiger partial charge in [0.25, 0.3) is 6.36 Å². The molecule has 9 heteroatoms. The molecule has 0 amide bonds. The van der Waals surface area contributed by atoms with E-state index >= 15 is 0 Å². The van der Waals surface area contributed by atoms with Crippen molar-refractivity contribution in [2.45, 2.75) is 18.8 Å². The molecule has 1 aromatic heterocycles. The first-order chi connectivity index (χ1) is 6.73. The van der Waals surface area contributed by atoms with Gasteiger partial charge < -0.3 is 0 Å². The summed E-state index contributed by atoms with van der Waals surface area (Å²) in [6.45, 7) is 0. The zero-order valence-corrected chi connectivity index (χ0v) is 6.88. The van der Waals surface area contributed by atoms with E-state index in [2.05, 4.69) is 9.84 Å². The minimum Gasteiger partial charge on any atom is -0.248 e. The van der Waals surface area contributed by atoms with Crippen LogP contribution in [-0.4, -0.2) is 22.5 Å². The molecule has 1 heterocycles. The van der Waals surface area contributed by atoms with Gasteiger partial charge in [-0.15, -0.1) is 13.2 Å². The Morgan fingerprint density at radius 3 is 2.20 bits per heavy atom. The second-order valence-electron chi connectivity index (χ2n) is 2.42. The number of halogens is 6. The van der Waals surface area contributed by atoms with Crippen molar-refractivity contribution in [2.75, 3.05) is 0 Å². The van der Waals surface area contributed by atoms with Gasteiger partial charge >= 0.3 is 12.4 Å². The molecule has 0 N–H and O–H groups in total. The summed E-state index contributed by atoms with van der Waals surface area (Å²) in [4.78, 5) is 0. The predicted octanol–water partition coefficient (Wildman–Crippen LogP) is 2.26. The van der Waals surface area contributed by atoms with Crippen LogP contribution in [0.4, 0.5) is 26.3 Å². The second-order valence-corrected chi connectivity index (χ2v) is 2.42. The van der Waals surface area contributed by atoms with E-state index in [1.54, 1.807) is 0 Å². The zero-order valence-electron chi connectivity index (χ0n) is 6.88. The Kier molecular flexibility index (Phi) is 2.93. The average Bonchev–Trinajstić information content (AvgIpc) is 2.52. The molecule has 1 atom stereocenters. The minimum absolute atomic E-state index is 0.261. The molecule has 0 fully saturated rings. The lowest BCUT2D eigenvalue weighted by Crippen LogP contribution is -2.39. The van der Waals surface area contributed by atoms with E-state index in [1.807, 2.05) is 0 Å². The fourth-order valence-electron chi connectivity index (χ4n) is 0.737. The van der Waals surface area contributed by atoms with Crippen molar-refractivity contribution < 1.29 is 31.1 Å². The standard InChI is InChI=1S/C6H4F6N2O/c7-4(15-6(10,11)12)5(8,9)14-3-1-2-13-14/h1-4H. The lowest BCUT2D eigenvalue weighted by Gasteiger charge is -2.21. The quantitative estimate of drug-likeness (QED) is 0.750. The molecule has 0 aliphatic carbocycles. The van der Waals surface area contributed by atoms with Gasteiger partial charge in [-0.1, -0.05) is 0 Å². The summed E-state index contributed by atoms with van der Waals surface area (Å²) in [6.07, 6.45) is -7.84. The molecule has 0 spiro atoms. The number of nitrogens with zero attached hydrogens (tertiary/aromatic N) is 2. The van der Waals surface area contributed by atoms with Crippen molar-refractivity contribution in [3.8, 4) is 0 Å². The van der Waals surface area contributed by atoms with Crippen LogP contribution in [0.1, 0.15) is 0 Å². The van der Waals surface area contributed by atoms with E-state index in [-0.39, 0.29) is 4.68 Å². The van der Waals surface area contributed by atoms with Gasteiger partial charge in [0.2, 0.25) is 0 Å². The Labute approximate surface area is 79.2 Å². The Balaban J connectivity index is 2.78. The summed E-state index contributed by atoms with van der Waals surface area (Å²) in [5.74, 6) is 0. The van der Waals surface area contributed by atoms with E-state index in [1.165, 1.54) is 0 Å². The zero-order chi connectivity index (χ0) is 11.7. The molecule has 0 aliphatic heterocycles. The first-order valence-electron chi connectivity index (χ1n) is 3.50. The van der Waals surface area contributed by atoms with Crippen LogP contribution in [0.5, 0.6) is 0 Å². The lowest BCUT2D eigenvalue weighted by molar-refractivity contribution is -0.400. The molecule has 15 heavy (non-hydrogen) atoms. The van der Waals surface area contributed by atoms with Crippen LogP contribution in [0.2, 0.25) is 0 Å². The first-order valence-corrected chi connectivity index (χ1v) is 3.50. The van der Waals surface area contributed by atoms with E-state index in [9.17, 15) is 26.3 Å². The number of ether oxygens (including phenoxy) is 1. The fourth-order valence-corrected chi connectivity index (χ4v) is 0.737. The monoisotopic (exact) mass is 234 g/mol. The summed E-state index contributed by atoms with van der Waals surface area (Å²) in [6, 6.07) is -3.51. The van der Waals surface area contributed by atoms with E-state index < -0.39 is 18.8 Å². The van der Waals surface area contributed by atoms with E-state index in [4.69, 9.17) is 0 Å². The van der Waals surface area contributed by atoms with Crippen LogP contribution in [0.3, 0.4) is 0 Å². The van der Waals surface area contributed by atoms with Crippen LogP contribution < -0.4 is 0 Å². The second kappa shape index (κ2) is 3.72. The van der Waals surface area contributed by atoms with Gasteiger partial charge in [0, 0.05) is 12.4 Å². The van der Waals surface area contributed by atoms with Gasteiger partial charge in [-0.05, 0) is 6.07 Å². The Hall–Kier alpha value is -1.25. The Bertz CT molecular complexity index is 308. The van der Waals surface area contributed by atoms with Crippen molar-refractivity contribution in [1.82, 2.24) is 9.78 Å². The maximum Gasteiger partial charge on any atom is 0.525 e. The maximum atomic E-state index is 12.8. The van der Waals surface area contributed by atoms with Crippen molar-refractivity contribution in [3.63, 3.8) is 0 Å². The largest absolute Gasteiger partial charge is 0.525 e. The molecule has 0 saturated carbocycles. The highest BCUT2D eigenvalue weighted by molar-refractivity contribution is 4.82. The fraction of sp³-hybridized carbons (Fsp3) is 0.500. The topological polar surface area (TPSA) is 27.1 Å². The minimum atomic E-state index is -5.48. The highest BCUT2D eigenvalue weighted by atomic mass is 19.4. The number of hydrogen-bond acceptors (Lipinski definition) is 2. The maximum absolute atomic E-state index is 12.8. The summed E-state index contributed by atoms with van der Waals surface area (Å²) in [7, 11) is 0. The number of rotatable bonds is 3. The lowest BCUT2D eigenvalue weighted by atomic mass is 10.5. The molecule has 3 nitrogen and oxygen atoms in total. The third-order valence-corrected chi connectivity index (χ3v) is 1.32. The molecule has 0 radical (unpaired) electrons. The van der Waals surface area contributed by atoms with Crippen LogP contribution >= 0.6 is 0 Å². The third kappa shape index (κ3) is 2.85. The molecular formula is C6H4F6N2O. The molecule has 0 aromatic carbocycles. The van der Waals surface area contributed by atoms with Crippen molar-refractivity contribution >= 4 is 0 Å². The summed E-state index contributed by atoms with van der Waals surface area (Å²) >= 11 is 0. The van der Waals surface area contributed by atoms with Crippen LogP contribution in [0.15, 0.2) is 18.5 Å². The van der Waals surface area contributed by atoms with Gasteiger partial charge in [0.1, 0.15) is 0 Å². The van der Waals surface area contributed by atoms with Gasteiger partial charge in [-0.3, -0.25) is 0 Å². The smallest absolute Gasteiger partial charge is 0.248 e. The van der Waals surface area contributed by atoms with Gasteiger partial charge in [-0.2, -0.15) is 13.9 Å². The highest BCUT2D eigenvalue weighted by Crippen LogP contribution is 2.32. The summed E-state index contributed by atoms with van der Waals surface area (Å²) in [5, 5.41) is 2.92. The Morgan fingerprint density at radius 1 is 1.20 bits per heavy atom. The van der Waals surface area contributed by atoms with Crippen molar-refractivity contribution in [1.29, 1.82) is 0 Å². The third-order valence-electron chi connectivity index (χ3n) is 1.32. The van der Waals surface area contributed by atoms with Gasteiger partial charge in [0.05, 0.1) is 0 Å². The molecular weight excluding hydrogens is 230 g/mol. The van der Waals surface area contributed by atoms with Gasteiger partial charge in [0.15, 0.2) is 0 Å². The molecule has 86 valence electrons. The van der Waals surface area contributed by atoms with E-state index in [0.717, 1.165) is 12.3 Å². The highest BCUT2D eigenvalue weighted by Gasteiger charge is 2.50. The normalized spacial score (nSPS) is 15.3. The summed E-state index contributed by atoms with van der Waals surface area (Å²) < 4.78 is 74.8. The van der Waals surface area contributed by atoms with E-state index in [0.29, 0.717) is 6.20 Å². The van der Waals surface area contributed by atoms with Crippen LogP contribution in [-0.2, 0) is 10.8 Å². The predicted molar refractivity (Wildman–Crippen MR) is 34.5 cm³/mol. The number of hydrogen-bond donors (Lipinski definition) is 0. The summed E-state index contributed by atoms with van der Waals surface area (Å²) in [5.41, 5.74) is 0. The molecule has 0 saturated heterocycles. The molecule has 1 unspecified atom stereocenters. The molecule has 0 aliphatic rings. The average molecular weight is 234 g/mol. The van der Waals surface area contributed by atoms with Gasteiger partial charge in [-0.25, -0.2) is 13.8 Å². The SMILES string of the molecule is FC(OC(F)(F)F)C(F)(F)n1cccn1. The first kappa shape index (κ1) is 11.8. The Morgan fingerprint density at radius 2 is 1.80 bits per heavy atom. The van der Waals surface area contributed by atoms with Crippen molar-refractivity contribution in [3.05, 3.63) is 18.5 Å². The molecule has 1 aromatic rings. The molecule has 1 rings (SSSR count).